The van der Waals surface area contributed by atoms with Gasteiger partial charge in [0.1, 0.15) is 5.56 Å². The van der Waals surface area contributed by atoms with Crippen molar-refractivity contribution in [1.82, 2.24) is 10.2 Å². The summed E-state index contributed by atoms with van der Waals surface area (Å²) in [5.74, 6) is -1.40. The quantitative estimate of drug-likeness (QED) is 0.761. The largest absolute Gasteiger partial charge is 0.478 e. The van der Waals surface area contributed by atoms with Gasteiger partial charge in [-0.2, -0.15) is 18.8 Å². The molecule has 0 saturated carbocycles. The van der Waals surface area contributed by atoms with Crippen molar-refractivity contribution in [1.29, 1.82) is 5.26 Å². The molecule has 8 nitrogen and oxygen atoms in total. The van der Waals surface area contributed by atoms with Crippen molar-refractivity contribution in [2.24, 2.45) is 0 Å². The minimum Gasteiger partial charge on any atom is -0.478 e. The predicted octanol–water partition coefficient (Wildman–Crippen LogP) is 0.780. The van der Waals surface area contributed by atoms with Crippen molar-refractivity contribution in [2.45, 2.75) is 5.03 Å². The number of aromatic carboxylic acids is 1. The summed E-state index contributed by atoms with van der Waals surface area (Å²) in [6.45, 7) is 0. The van der Waals surface area contributed by atoms with Crippen LogP contribution in [0.4, 0.5) is 5.69 Å². The second kappa shape index (κ2) is 5.02. The van der Waals surface area contributed by atoms with E-state index in [4.69, 9.17) is 10.4 Å². The minimum absolute atomic E-state index is 0.204. The Kier molecular flexibility index (Phi) is 3.41. The van der Waals surface area contributed by atoms with Gasteiger partial charge >= 0.3 is 5.97 Å². The Bertz CT molecular complexity index is 787. The molecule has 2 aromatic rings. The number of carboxylic acid groups (broad SMARTS) is 1. The zero-order valence-electron chi connectivity index (χ0n) is 9.86. The van der Waals surface area contributed by atoms with Crippen molar-refractivity contribution in [3.63, 3.8) is 0 Å². The first-order valence-corrected chi connectivity index (χ1v) is 6.72. The third-order valence-corrected chi connectivity index (χ3v) is 3.72. The van der Waals surface area contributed by atoms with Gasteiger partial charge in [-0.05, 0) is 24.3 Å². The fraction of sp³-hybridized carbons (Fsp3) is 0. The molecule has 0 aliphatic carbocycles. The van der Waals surface area contributed by atoms with E-state index in [2.05, 4.69) is 14.9 Å². The molecule has 0 fully saturated rings. The number of aromatic nitrogens is 2. The van der Waals surface area contributed by atoms with E-state index < -0.39 is 26.6 Å². The SMILES string of the molecule is N#Cc1ccc(NS(=O)(=O)c2[nH]ncc2C(=O)O)cc1. The second-order valence-corrected chi connectivity index (χ2v) is 5.33. The first kappa shape index (κ1) is 13.6. The highest BCUT2D eigenvalue weighted by molar-refractivity contribution is 7.92. The summed E-state index contributed by atoms with van der Waals surface area (Å²) in [5.41, 5.74) is 0.127. The molecule has 20 heavy (non-hydrogen) atoms. The zero-order chi connectivity index (χ0) is 14.8. The summed E-state index contributed by atoms with van der Waals surface area (Å²) in [6, 6.07) is 7.56. The second-order valence-electron chi connectivity index (χ2n) is 3.71. The minimum atomic E-state index is -4.10. The Morgan fingerprint density at radius 2 is 2.00 bits per heavy atom. The Hall–Kier alpha value is -2.86. The summed E-state index contributed by atoms with van der Waals surface area (Å²) in [4.78, 5) is 10.9. The van der Waals surface area contributed by atoms with E-state index in [1.54, 1.807) is 0 Å². The van der Waals surface area contributed by atoms with Crippen LogP contribution in [0.25, 0.3) is 0 Å². The molecule has 0 aliphatic rings. The van der Waals surface area contributed by atoms with Crippen LogP contribution in [0.5, 0.6) is 0 Å². The maximum atomic E-state index is 12.0. The van der Waals surface area contributed by atoms with Gasteiger partial charge in [0.05, 0.1) is 17.8 Å². The van der Waals surface area contributed by atoms with Crippen LogP contribution in [-0.4, -0.2) is 29.7 Å². The van der Waals surface area contributed by atoms with Crippen molar-refractivity contribution in [2.75, 3.05) is 4.72 Å². The van der Waals surface area contributed by atoms with E-state index in [1.807, 2.05) is 6.07 Å². The maximum Gasteiger partial charge on any atom is 0.340 e. The number of carboxylic acids is 1. The van der Waals surface area contributed by atoms with Crippen LogP contribution in [-0.2, 0) is 10.0 Å². The molecule has 0 unspecified atom stereocenters. The highest BCUT2D eigenvalue weighted by atomic mass is 32.2. The first-order valence-electron chi connectivity index (χ1n) is 5.23. The molecule has 9 heteroatoms. The molecule has 0 aliphatic heterocycles. The molecule has 0 bridgehead atoms. The maximum absolute atomic E-state index is 12.0. The van der Waals surface area contributed by atoms with Gasteiger partial charge in [-0.1, -0.05) is 0 Å². The van der Waals surface area contributed by atoms with Crippen LogP contribution >= 0.6 is 0 Å². The van der Waals surface area contributed by atoms with Crippen molar-refractivity contribution < 1.29 is 18.3 Å². The number of nitrogens with zero attached hydrogens (tertiary/aromatic N) is 2. The molecule has 0 atom stereocenters. The number of nitrogens with one attached hydrogen (secondary N) is 2. The van der Waals surface area contributed by atoms with Crippen LogP contribution in [0.3, 0.4) is 0 Å². The average molecular weight is 292 g/mol. The Morgan fingerprint density at radius 3 is 2.55 bits per heavy atom. The topological polar surface area (TPSA) is 136 Å². The van der Waals surface area contributed by atoms with E-state index in [9.17, 15) is 13.2 Å². The molecule has 0 saturated heterocycles. The van der Waals surface area contributed by atoms with E-state index in [0.717, 1.165) is 6.20 Å². The number of rotatable bonds is 4. The fourth-order valence-corrected chi connectivity index (χ4v) is 2.60. The molecule has 0 spiro atoms. The number of anilines is 1. The highest BCUT2D eigenvalue weighted by Crippen LogP contribution is 2.17. The highest BCUT2D eigenvalue weighted by Gasteiger charge is 2.24. The van der Waals surface area contributed by atoms with Gasteiger partial charge in [-0.15, -0.1) is 0 Å². The first-order chi connectivity index (χ1) is 9.44. The van der Waals surface area contributed by atoms with E-state index in [-0.39, 0.29) is 5.69 Å². The lowest BCUT2D eigenvalue weighted by molar-refractivity contribution is 0.0692. The van der Waals surface area contributed by atoms with Gasteiger partial charge in [0.15, 0.2) is 5.03 Å². The van der Waals surface area contributed by atoms with Crippen molar-refractivity contribution >= 4 is 21.7 Å². The third-order valence-electron chi connectivity index (χ3n) is 2.37. The van der Waals surface area contributed by atoms with E-state index >= 15 is 0 Å². The van der Waals surface area contributed by atoms with Crippen LogP contribution in [0.15, 0.2) is 35.5 Å². The normalized spacial score (nSPS) is 10.8. The number of benzene rings is 1. The summed E-state index contributed by atoms with van der Waals surface area (Å²) in [6.07, 6.45) is 0.912. The average Bonchev–Trinajstić information content (AvgIpc) is 2.89. The smallest absolute Gasteiger partial charge is 0.340 e. The zero-order valence-corrected chi connectivity index (χ0v) is 10.7. The monoisotopic (exact) mass is 292 g/mol. The summed E-state index contributed by atoms with van der Waals surface area (Å²) in [5, 5.41) is 22.5. The number of hydrogen-bond acceptors (Lipinski definition) is 5. The van der Waals surface area contributed by atoms with Crippen LogP contribution in [0, 0.1) is 11.3 Å². The summed E-state index contributed by atoms with van der Waals surface area (Å²) >= 11 is 0. The molecule has 1 aromatic carbocycles. The standard InChI is InChI=1S/C11H8N4O4S/c12-5-7-1-3-8(4-2-7)15-20(18,19)10-9(11(16)17)6-13-14-10/h1-4,6,15H,(H,13,14)(H,16,17). The van der Waals surface area contributed by atoms with Crippen LogP contribution in [0.1, 0.15) is 15.9 Å². The summed E-state index contributed by atoms with van der Waals surface area (Å²) in [7, 11) is -4.10. The molecular formula is C11H8N4O4S. The Labute approximate surface area is 113 Å². The number of carbonyl (C=O) groups is 1. The Balaban J connectivity index is 2.33. The molecule has 102 valence electrons. The number of aromatic amines is 1. The predicted molar refractivity (Wildman–Crippen MR) is 67.5 cm³/mol. The van der Waals surface area contributed by atoms with Gasteiger partial charge in [0.2, 0.25) is 0 Å². The lowest BCUT2D eigenvalue weighted by atomic mass is 10.2. The van der Waals surface area contributed by atoms with Crippen molar-refractivity contribution in [3.05, 3.63) is 41.6 Å². The van der Waals surface area contributed by atoms with Gasteiger partial charge in [0, 0.05) is 5.69 Å². The summed E-state index contributed by atoms with van der Waals surface area (Å²) < 4.78 is 26.3. The number of hydrogen-bond donors (Lipinski definition) is 3. The fourth-order valence-electron chi connectivity index (χ4n) is 1.45. The van der Waals surface area contributed by atoms with Crippen molar-refractivity contribution in [3.8, 4) is 6.07 Å². The molecule has 3 N–H and O–H groups in total. The molecule has 0 radical (unpaired) electrons. The molecule has 1 aromatic heterocycles. The number of sulfonamides is 1. The number of H-pyrrole nitrogens is 1. The lowest BCUT2D eigenvalue weighted by Crippen LogP contribution is -2.16. The van der Waals surface area contributed by atoms with Gasteiger partial charge in [-0.3, -0.25) is 9.82 Å². The van der Waals surface area contributed by atoms with Gasteiger partial charge < -0.3 is 5.11 Å². The van der Waals surface area contributed by atoms with Gasteiger partial charge in [-0.25, -0.2) is 4.79 Å². The lowest BCUT2D eigenvalue weighted by Gasteiger charge is -2.06. The van der Waals surface area contributed by atoms with E-state index in [0.29, 0.717) is 5.56 Å². The van der Waals surface area contributed by atoms with E-state index in [1.165, 1.54) is 24.3 Å². The third kappa shape index (κ3) is 2.60. The molecular weight excluding hydrogens is 284 g/mol. The van der Waals surface area contributed by atoms with Crippen LogP contribution in [0.2, 0.25) is 0 Å². The number of nitriles is 1. The molecule has 1 heterocycles. The van der Waals surface area contributed by atoms with Crippen LogP contribution < -0.4 is 4.72 Å². The molecule has 0 amide bonds. The van der Waals surface area contributed by atoms with Gasteiger partial charge in [0.25, 0.3) is 10.0 Å². The molecule has 2 rings (SSSR count). The Morgan fingerprint density at radius 1 is 1.35 bits per heavy atom.